The van der Waals surface area contributed by atoms with E-state index in [9.17, 15) is 13.2 Å². The molecule has 110 valence electrons. The van der Waals surface area contributed by atoms with E-state index in [4.69, 9.17) is 10.5 Å². The van der Waals surface area contributed by atoms with Crippen molar-refractivity contribution >= 4 is 27.3 Å². The molecule has 0 bridgehead atoms. The summed E-state index contributed by atoms with van der Waals surface area (Å²) in [5.74, 6) is -0.263. The van der Waals surface area contributed by atoms with Crippen molar-refractivity contribution in [2.24, 2.45) is 0 Å². The van der Waals surface area contributed by atoms with Crippen molar-refractivity contribution in [3.05, 3.63) is 18.2 Å². The van der Waals surface area contributed by atoms with Crippen LogP contribution in [0.15, 0.2) is 23.1 Å². The second-order valence-electron chi connectivity index (χ2n) is 4.45. The quantitative estimate of drug-likeness (QED) is 0.779. The summed E-state index contributed by atoms with van der Waals surface area (Å²) < 4.78 is 31.3. The van der Waals surface area contributed by atoms with E-state index in [2.05, 4.69) is 5.32 Å². The average Bonchev–Trinajstić information content (AvgIpc) is 2.41. The van der Waals surface area contributed by atoms with Crippen LogP contribution in [-0.2, 0) is 19.6 Å². The summed E-state index contributed by atoms with van der Waals surface area (Å²) in [5, 5.41) is 2.54. The van der Waals surface area contributed by atoms with Crippen LogP contribution in [-0.4, -0.2) is 44.9 Å². The number of ether oxygens (including phenoxy) is 1. The average molecular weight is 299 g/mol. The summed E-state index contributed by atoms with van der Waals surface area (Å²) in [4.78, 5) is 11.1. The highest BCUT2D eigenvalue weighted by molar-refractivity contribution is 7.89. The van der Waals surface area contributed by atoms with Crippen molar-refractivity contribution in [1.29, 1.82) is 0 Å². The molecule has 1 aliphatic heterocycles. The Balaban J connectivity index is 2.28. The molecule has 0 saturated carbocycles. The Morgan fingerprint density at radius 3 is 2.55 bits per heavy atom. The summed E-state index contributed by atoms with van der Waals surface area (Å²) in [7, 11) is -3.57. The molecule has 7 nitrogen and oxygen atoms in total. The number of carbonyl (C=O) groups is 1. The van der Waals surface area contributed by atoms with E-state index in [1.165, 1.54) is 29.4 Å². The van der Waals surface area contributed by atoms with Crippen LogP contribution in [0.25, 0.3) is 0 Å². The predicted octanol–water partition coefficient (Wildman–Crippen LogP) is 0.248. The summed E-state index contributed by atoms with van der Waals surface area (Å²) in [6.45, 7) is 2.79. The first-order valence-electron chi connectivity index (χ1n) is 6.16. The molecular weight excluding hydrogens is 282 g/mol. The lowest BCUT2D eigenvalue weighted by Crippen LogP contribution is -2.40. The normalized spacial score (nSPS) is 16.9. The van der Waals surface area contributed by atoms with E-state index in [-0.39, 0.29) is 16.5 Å². The number of nitrogen functional groups attached to an aromatic ring is 1. The number of hydrogen-bond donors (Lipinski definition) is 2. The molecule has 1 fully saturated rings. The molecule has 0 unspecified atom stereocenters. The number of anilines is 2. The van der Waals surface area contributed by atoms with Gasteiger partial charge < -0.3 is 15.8 Å². The van der Waals surface area contributed by atoms with Crippen LogP contribution < -0.4 is 11.1 Å². The minimum atomic E-state index is -3.57. The van der Waals surface area contributed by atoms with Crippen LogP contribution in [0.4, 0.5) is 11.4 Å². The maximum atomic E-state index is 12.4. The molecule has 0 spiro atoms. The topological polar surface area (TPSA) is 102 Å². The predicted molar refractivity (Wildman–Crippen MR) is 74.7 cm³/mol. The van der Waals surface area contributed by atoms with Crippen molar-refractivity contribution in [2.45, 2.75) is 11.8 Å². The van der Waals surface area contributed by atoms with Crippen molar-refractivity contribution in [1.82, 2.24) is 4.31 Å². The number of nitrogens with two attached hydrogens (primary N) is 1. The molecule has 1 aromatic carbocycles. The number of sulfonamides is 1. The van der Waals surface area contributed by atoms with E-state index in [0.717, 1.165) is 0 Å². The Morgan fingerprint density at radius 1 is 1.35 bits per heavy atom. The minimum absolute atomic E-state index is 0.117. The number of amides is 1. The number of carbonyl (C=O) groups excluding carboxylic acids is 1. The van der Waals surface area contributed by atoms with E-state index in [1.807, 2.05) is 0 Å². The number of nitrogens with one attached hydrogen (secondary N) is 1. The highest BCUT2D eigenvalue weighted by Crippen LogP contribution is 2.25. The van der Waals surface area contributed by atoms with Gasteiger partial charge in [0.25, 0.3) is 0 Å². The van der Waals surface area contributed by atoms with E-state index >= 15 is 0 Å². The molecule has 2 rings (SSSR count). The molecule has 8 heteroatoms. The van der Waals surface area contributed by atoms with Gasteiger partial charge in [-0.15, -0.1) is 0 Å². The lowest BCUT2D eigenvalue weighted by Gasteiger charge is -2.26. The number of nitrogens with zero attached hydrogens (tertiary/aromatic N) is 1. The van der Waals surface area contributed by atoms with Gasteiger partial charge in [-0.2, -0.15) is 4.31 Å². The Bertz CT molecular complexity index is 609. The fourth-order valence-electron chi connectivity index (χ4n) is 1.94. The molecule has 0 aromatic heterocycles. The zero-order valence-electron chi connectivity index (χ0n) is 11.1. The van der Waals surface area contributed by atoms with Gasteiger partial charge in [0.05, 0.1) is 29.5 Å². The van der Waals surface area contributed by atoms with Gasteiger partial charge in [-0.05, 0) is 18.2 Å². The first-order chi connectivity index (χ1) is 9.41. The summed E-state index contributed by atoms with van der Waals surface area (Å²) in [6, 6.07) is 4.28. The molecule has 0 atom stereocenters. The fourth-order valence-corrected chi connectivity index (χ4v) is 3.38. The lowest BCUT2D eigenvalue weighted by atomic mass is 10.2. The van der Waals surface area contributed by atoms with E-state index < -0.39 is 10.0 Å². The molecule has 3 N–H and O–H groups in total. The Kier molecular flexibility index (Phi) is 4.26. The molecular formula is C12H17N3O4S. The molecule has 0 radical (unpaired) electrons. The van der Waals surface area contributed by atoms with Gasteiger partial charge in [0.1, 0.15) is 0 Å². The molecule has 1 aliphatic rings. The zero-order valence-corrected chi connectivity index (χ0v) is 11.9. The lowest BCUT2D eigenvalue weighted by molar-refractivity contribution is -0.114. The molecule has 1 saturated heterocycles. The van der Waals surface area contributed by atoms with Gasteiger partial charge in [0, 0.05) is 20.0 Å². The largest absolute Gasteiger partial charge is 0.397 e. The van der Waals surface area contributed by atoms with Gasteiger partial charge in [0.2, 0.25) is 15.9 Å². The summed E-state index contributed by atoms with van der Waals surface area (Å²) in [5.41, 5.74) is 6.39. The highest BCUT2D eigenvalue weighted by atomic mass is 32.2. The van der Waals surface area contributed by atoms with Crippen molar-refractivity contribution in [2.75, 3.05) is 37.4 Å². The van der Waals surface area contributed by atoms with Gasteiger partial charge >= 0.3 is 0 Å². The molecule has 20 heavy (non-hydrogen) atoms. The molecule has 1 heterocycles. The first-order valence-corrected chi connectivity index (χ1v) is 7.60. The highest BCUT2D eigenvalue weighted by Gasteiger charge is 2.26. The second kappa shape index (κ2) is 5.78. The van der Waals surface area contributed by atoms with Crippen LogP contribution in [0.3, 0.4) is 0 Å². The van der Waals surface area contributed by atoms with Gasteiger partial charge in [-0.3, -0.25) is 4.79 Å². The fraction of sp³-hybridized carbons (Fsp3) is 0.417. The third kappa shape index (κ3) is 3.09. The van der Waals surface area contributed by atoms with Crippen LogP contribution in [0.1, 0.15) is 6.92 Å². The Labute approximate surface area is 117 Å². The third-order valence-electron chi connectivity index (χ3n) is 2.94. The molecule has 0 aliphatic carbocycles. The summed E-state index contributed by atoms with van der Waals surface area (Å²) in [6.07, 6.45) is 0. The smallest absolute Gasteiger partial charge is 0.243 e. The van der Waals surface area contributed by atoms with Crippen LogP contribution >= 0.6 is 0 Å². The van der Waals surface area contributed by atoms with E-state index in [1.54, 1.807) is 0 Å². The van der Waals surface area contributed by atoms with Crippen molar-refractivity contribution in [3.8, 4) is 0 Å². The summed E-state index contributed by atoms with van der Waals surface area (Å²) >= 11 is 0. The van der Waals surface area contributed by atoms with Gasteiger partial charge in [-0.1, -0.05) is 0 Å². The first kappa shape index (κ1) is 14.8. The SMILES string of the molecule is CC(=O)Nc1ccc(S(=O)(=O)N2CCOCC2)cc1N. The van der Waals surface area contributed by atoms with E-state index in [0.29, 0.717) is 32.0 Å². The van der Waals surface area contributed by atoms with Crippen LogP contribution in [0.5, 0.6) is 0 Å². The number of rotatable bonds is 3. The number of morpholine rings is 1. The number of benzene rings is 1. The maximum Gasteiger partial charge on any atom is 0.243 e. The minimum Gasteiger partial charge on any atom is -0.397 e. The third-order valence-corrected chi connectivity index (χ3v) is 4.84. The van der Waals surface area contributed by atoms with Crippen molar-refractivity contribution < 1.29 is 17.9 Å². The van der Waals surface area contributed by atoms with Crippen LogP contribution in [0, 0.1) is 0 Å². The standard InChI is InChI=1S/C12H17N3O4S/c1-9(16)14-12-3-2-10(8-11(12)13)20(17,18)15-4-6-19-7-5-15/h2-3,8H,4-7,13H2,1H3,(H,14,16). The second-order valence-corrected chi connectivity index (χ2v) is 6.38. The monoisotopic (exact) mass is 299 g/mol. The zero-order chi connectivity index (χ0) is 14.8. The van der Waals surface area contributed by atoms with Gasteiger partial charge in [-0.25, -0.2) is 8.42 Å². The Hall–Kier alpha value is -1.64. The molecule has 1 aromatic rings. The number of hydrogen-bond acceptors (Lipinski definition) is 5. The van der Waals surface area contributed by atoms with Crippen LogP contribution in [0.2, 0.25) is 0 Å². The maximum absolute atomic E-state index is 12.4. The molecule has 1 amide bonds. The van der Waals surface area contributed by atoms with Crippen molar-refractivity contribution in [3.63, 3.8) is 0 Å². The Morgan fingerprint density at radius 2 is 2.00 bits per heavy atom. The van der Waals surface area contributed by atoms with Gasteiger partial charge in [0.15, 0.2) is 0 Å².